The fourth-order valence-electron chi connectivity index (χ4n) is 4.79. The van der Waals surface area contributed by atoms with Crippen molar-refractivity contribution in [3.8, 4) is 0 Å². The molecule has 1 atom stereocenters. The maximum Gasteiger partial charge on any atom is 0.335 e. The largest absolute Gasteiger partial charge is 0.478 e. The molecular weight excluding hydrogens is 364 g/mol. The van der Waals surface area contributed by atoms with Crippen molar-refractivity contribution in [1.29, 1.82) is 0 Å². The molecule has 1 saturated carbocycles. The van der Waals surface area contributed by atoms with Gasteiger partial charge in [0.1, 0.15) is 0 Å². The van der Waals surface area contributed by atoms with Crippen molar-refractivity contribution in [3.05, 3.63) is 59.2 Å². The molecule has 152 valence electrons. The summed E-state index contributed by atoms with van der Waals surface area (Å²) in [7, 11) is 2.07. The van der Waals surface area contributed by atoms with Gasteiger partial charge in [0.15, 0.2) is 0 Å². The molecule has 2 aromatic carbocycles. The number of carbonyl (C=O) groups excluding carboxylic acids is 1. The van der Waals surface area contributed by atoms with E-state index in [-0.39, 0.29) is 23.3 Å². The van der Waals surface area contributed by atoms with E-state index in [0.29, 0.717) is 5.56 Å². The number of benzene rings is 2. The van der Waals surface area contributed by atoms with Crippen LogP contribution < -0.4 is 10.2 Å². The fourth-order valence-corrected chi connectivity index (χ4v) is 4.79. The molecule has 1 fully saturated rings. The van der Waals surface area contributed by atoms with Crippen molar-refractivity contribution < 1.29 is 14.7 Å². The first-order valence-corrected chi connectivity index (χ1v) is 10.3. The number of carboxylic acids is 1. The lowest BCUT2D eigenvalue weighted by atomic mass is 9.71. The Morgan fingerprint density at radius 1 is 1.10 bits per heavy atom. The first-order chi connectivity index (χ1) is 13.8. The van der Waals surface area contributed by atoms with Gasteiger partial charge in [-0.25, -0.2) is 4.79 Å². The van der Waals surface area contributed by atoms with Crippen molar-refractivity contribution in [2.24, 2.45) is 11.3 Å². The van der Waals surface area contributed by atoms with Gasteiger partial charge in [-0.2, -0.15) is 0 Å². The van der Waals surface area contributed by atoms with Gasteiger partial charge in [0.2, 0.25) is 5.91 Å². The Morgan fingerprint density at radius 2 is 1.79 bits per heavy atom. The summed E-state index contributed by atoms with van der Waals surface area (Å²) in [5, 5.41) is 12.3. The molecule has 1 amide bonds. The lowest BCUT2D eigenvalue weighted by Crippen LogP contribution is -2.41. The molecule has 0 aromatic heterocycles. The van der Waals surface area contributed by atoms with Crippen molar-refractivity contribution >= 4 is 23.3 Å². The summed E-state index contributed by atoms with van der Waals surface area (Å²) >= 11 is 0. The van der Waals surface area contributed by atoms with E-state index in [0.717, 1.165) is 42.6 Å². The standard InChI is InChI=1S/C24H28N2O3/c1-24(2)14-18-13-17(23(28)29)9-12-20(18)26(3)21(24)15-7-10-19(11-8-15)25-22(27)16-5-4-6-16/h7-13,16,21H,4-6,14H2,1-3H3,(H,25,27)(H,28,29). The first-order valence-electron chi connectivity index (χ1n) is 10.3. The van der Waals surface area contributed by atoms with E-state index in [1.807, 2.05) is 18.2 Å². The van der Waals surface area contributed by atoms with E-state index >= 15 is 0 Å². The van der Waals surface area contributed by atoms with Gasteiger partial charge in [-0.1, -0.05) is 32.4 Å². The second kappa shape index (κ2) is 7.21. The second-order valence-corrected chi connectivity index (χ2v) is 9.07. The van der Waals surface area contributed by atoms with E-state index in [9.17, 15) is 14.7 Å². The second-order valence-electron chi connectivity index (χ2n) is 9.07. The summed E-state index contributed by atoms with van der Waals surface area (Å²) in [6, 6.07) is 13.7. The Balaban J connectivity index is 1.58. The SMILES string of the molecule is CN1c2ccc(C(=O)O)cc2CC(C)(C)C1c1ccc(NC(=O)C2CCC2)cc1. The van der Waals surface area contributed by atoms with Crippen LogP contribution in [-0.2, 0) is 11.2 Å². The van der Waals surface area contributed by atoms with E-state index in [1.54, 1.807) is 12.1 Å². The maximum atomic E-state index is 12.2. The van der Waals surface area contributed by atoms with Crippen LogP contribution in [0.25, 0.3) is 0 Å². The third-order valence-corrected chi connectivity index (χ3v) is 6.45. The number of nitrogens with zero attached hydrogens (tertiary/aromatic N) is 1. The van der Waals surface area contributed by atoms with Gasteiger partial charge in [-0.15, -0.1) is 0 Å². The number of amides is 1. The molecule has 2 aliphatic rings. The zero-order valence-corrected chi connectivity index (χ0v) is 17.2. The number of hydrogen-bond donors (Lipinski definition) is 2. The first kappa shape index (κ1) is 19.5. The molecule has 0 spiro atoms. The molecule has 5 heteroatoms. The van der Waals surface area contributed by atoms with Crippen molar-refractivity contribution in [2.45, 2.75) is 45.6 Å². The minimum absolute atomic E-state index is 0.0738. The summed E-state index contributed by atoms with van der Waals surface area (Å²) < 4.78 is 0. The number of hydrogen-bond acceptors (Lipinski definition) is 3. The van der Waals surface area contributed by atoms with Crippen LogP contribution in [0.3, 0.4) is 0 Å². The van der Waals surface area contributed by atoms with E-state index in [2.05, 4.69) is 43.2 Å². The molecule has 2 aromatic rings. The lowest BCUT2D eigenvalue weighted by molar-refractivity contribution is -0.122. The molecule has 29 heavy (non-hydrogen) atoms. The Morgan fingerprint density at radius 3 is 2.38 bits per heavy atom. The van der Waals surface area contributed by atoms with Crippen LogP contribution in [-0.4, -0.2) is 24.0 Å². The Bertz CT molecular complexity index is 945. The average molecular weight is 392 g/mol. The van der Waals surface area contributed by atoms with Gasteiger partial charge >= 0.3 is 5.97 Å². The maximum absolute atomic E-state index is 12.2. The minimum Gasteiger partial charge on any atom is -0.478 e. The van der Waals surface area contributed by atoms with Gasteiger partial charge in [0.05, 0.1) is 11.6 Å². The van der Waals surface area contributed by atoms with E-state index in [4.69, 9.17) is 0 Å². The molecular formula is C24H28N2O3. The number of anilines is 2. The van der Waals surface area contributed by atoms with Crippen LogP contribution in [0.2, 0.25) is 0 Å². The van der Waals surface area contributed by atoms with E-state index in [1.165, 1.54) is 5.56 Å². The highest BCUT2D eigenvalue weighted by Gasteiger charge is 2.39. The molecule has 5 nitrogen and oxygen atoms in total. The van der Waals surface area contributed by atoms with Gasteiger partial charge in [0, 0.05) is 24.3 Å². The third kappa shape index (κ3) is 3.61. The molecule has 0 radical (unpaired) electrons. The minimum atomic E-state index is -0.894. The van der Waals surface area contributed by atoms with Crippen LogP contribution in [0.4, 0.5) is 11.4 Å². The molecule has 4 rings (SSSR count). The van der Waals surface area contributed by atoms with Gasteiger partial charge in [-0.3, -0.25) is 4.79 Å². The lowest BCUT2D eigenvalue weighted by Gasteiger charge is -2.47. The van der Waals surface area contributed by atoms with E-state index < -0.39 is 5.97 Å². The summed E-state index contributed by atoms with van der Waals surface area (Å²) in [5.41, 5.74) is 4.42. The number of rotatable bonds is 4. The smallest absolute Gasteiger partial charge is 0.335 e. The van der Waals surface area contributed by atoms with Crippen molar-refractivity contribution in [2.75, 3.05) is 17.3 Å². The summed E-state index contributed by atoms with van der Waals surface area (Å²) in [5.74, 6) is -0.595. The normalized spacial score (nSPS) is 20.5. The van der Waals surface area contributed by atoms with Crippen molar-refractivity contribution in [1.82, 2.24) is 0 Å². The summed E-state index contributed by atoms with van der Waals surface area (Å²) in [6.07, 6.45) is 3.94. The number of fused-ring (bicyclic) bond motifs is 1. The number of carbonyl (C=O) groups is 2. The molecule has 1 aliphatic carbocycles. The molecule has 1 unspecified atom stereocenters. The van der Waals surface area contributed by atoms with Crippen LogP contribution in [0.1, 0.15) is 60.6 Å². The number of carboxylic acid groups (broad SMARTS) is 1. The highest BCUT2D eigenvalue weighted by molar-refractivity contribution is 5.93. The number of aromatic carboxylic acids is 1. The number of nitrogens with one attached hydrogen (secondary N) is 1. The molecule has 1 heterocycles. The van der Waals surface area contributed by atoms with Crippen LogP contribution in [0.5, 0.6) is 0 Å². The molecule has 0 bridgehead atoms. The third-order valence-electron chi connectivity index (χ3n) is 6.45. The van der Waals surface area contributed by atoms with Gasteiger partial charge in [-0.05, 0) is 66.1 Å². The fraction of sp³-hybridized carbons (Fsp3) is 0.417. The van der Waals surface area contributed by atoms with Crippen LogP contribution in [0, 0.1) is 11.3 Å². The predicted octanol–water partition coefficient (Wildman–Crippen LogP) is 4.88. The van der Waals surface area contributed by atoms with Crippen LogP contribution >= 0.6 is 0 Å². The summed E-state index contributed by atoms with van der Waals surface area (Å²) in [6.45, 7) is 4.44. The molecule has 1 aliphatic heterocycles. The zero-order chi connectivity index (χ0) is 20.8. The van der Waals surface area contributed by atoms with Crippen LogP contribution in [0.15, 0.2) is 42.5 Å². The summed E-state index contributed by atoms with van der Waals surface area (Å²) in [4.78, 5) is 25.8. The average Bonchev–Trinajstić information content (AvgIpc) is 2.60. The topological polar surface area (TPSA) is 69.6 Å². The van der Waals surface area contributed by atoms with Crippen molar-refractivity contribution in [3.63, 3.8) is 0 Å². The van der Waals surface area contributed by atoms with Gasteiger partial charge in [0.25, 0.3) is 0 Å². The highest BCUT2D eigenvalue weighted by Crippen LogP contribution is 2.48. The monoisotopic (exact) mass is 392 g/mol. The highest BCUT2D eigenvalue weighted by atomic mass is 16.4. The zero-order valence-electron chi connectivity index (χ0n) is 17.2. The molecule has 0 saturated heterocycles. The quantitative estimate of drug-likeness (QED) is 0.778. The Kier molecular flexibility index (Phi) is 4.85. The molecule has 2 N–H and O–H groups in total. The Labute approximate surface area is 171 Å². The predicted molar refractivity (Wildman–Crippen MR) is 114 cm³/mol. The Hall–Kier alpha value is -2.82. The van der Waals surface area contributed by atoms with Gasteiger partial charge < -0.3 is 15.3 Å².